The second-order valence-electron chi connectivity index (χ2n) is 11.1. The summed E-state index contributed by atoms with van der Waals surface area (Å²) in [7, 11) is 2.01. The number of nitro groups is 1. The summed E-state index contributed by atoms with van der Waals surface area (Å²) in [4.78, 5) is 43.7. The number of nitrogens with one attached hydrogen (secondary N) is 2. The van der Waals surface area contributed by atoms with Crippen molar-refractivity contribution in [2.75, 3.05) is 80.0 Å². The Kier molecular flexibility index (Phi) is 9.25. The Morgan fingerprint density at radius 1 is 0.844 bits per heavy atom. The summed E-state index contributed by atoms with van der Waals surface area (Å²) in [5.41, 5.74) is 0.431. The number of nitro benzene ring substituents is 1. The zero-order valence-electron chi connectivity index (χ0n) is 24.8. The molecule has 3 aromatic rings. The van der Waals surface area contributed by atoms with Crippen LogP contribution in [0.1, 0.15) is 31.8 Å². The Bertz CT molecular complexity index is 1600. The Hall–Kier alpha value is -4.69. The van der Waals surface area contributed by atoms with Gasteiger partial charge in [0, 0.05) is 73.6 Å². The molecule has 2 aliphatic rings. The summed E-state index contributed by atoms with van der Waals surface area (Å²) in [6.07, 6.45) is -4.66. The quantitative estimate of drug-likeness (QED) is 0.277. The average molecular weight is 627 g/mol. The Morgan fingerprint density at radius 2 is 1.53 bits per heavy atom. The number of rotatable bonds is 7. The number of hydrogen-bond donors (Lipinski definition) is 2. The zero-order chi connectivity index (χ0) is 32.3. The molecular weight excluding hydrogens is 593 g/mol. The summed E-state index contributed by atoms with van der Waals surface area (Å²) in [5.74, 6) is -1.48. The number of carbonyl (C=O) groups is 2. The maximum Gasteiger partial charge on any atom is 0.416 e. The fourth-order valence-corrected chi connectivity index (χ4v) is 5.26. The van der Waals surface area contributed by atoms with Crippen LogP contribution in [0.3, 0.4) is 0 Å². The van der Waals surface area contributed by atoms with Crippen LogP contribution in [0.4, 0.5) is 41.6 Å². The first-order valence-electron chi connectivity index (χ1n) is 14.4. The van der Waals surface area contributed by atoms with E-state index in [1.807, 2.05) is 7.05 Å². The average Bonchev–Trinajstić information content (AvgIpc) is 3.02. The lowest BCUT2D eigenvalue weighted by atomic mass is 10.1. The van der Waals surface area contributed by atoms with E-state index in [4.69, 9.17) is 4.74 Å². The molecule has 0 spiro atoms. The number of aryl methyl sites for hydroxylation is 1. The maximum atomic E-state index is 13.7. The van der Waals surface area contributed by atoms with E-state index in [-0.39, 0.29) is 33.9 Å². The third kappa shape index (κ3) is 7.52. The zero-order valence-corrected chi connectivity index (χ0v) is 24.8. The normalized spacial score (nSPS) is 15.9. The molecule has 0 unspecified atom stereocenters. The fourth-order valence-electron chi connectivity index (χ4n) is 5.26. The molecule has 238 valence electrons. The van der Waals surface area contributed by atoms with Crippen molar-refractivity contribution < 1.29 is 32.4 Å². The number of alkyl halides is 3. The van der Waals surface area contributed by atoms with E-state index < -0.39 is 28.5 Å². The van der Waals surface area contributed by atoms with Gasteiger partial charge in [0.05, 0.1) is 23.7 Å². The van der Waals surface area contributed by atoms with Gasteiger partial charge in [0.15, 0.2) is 0 Å². The van der Waals surface area contributed by atoms with Gasteiger partial charge in [-0.25, -0.2) is 0 Å². The molecule has 45 heavy (non-hydrogen) atoms. The summed E-state index contributed by atoms with van der Waals surface area (Å²) in [6.45, 7) is 6.23. The van der Waals surface area contributed by atoms with E-state index in [9.17, 15) is 32.9 Å². The van der Waals surface area contributed by atoms with Gasteiger partial charge in [0.1, 0.15) is 5.56 Å². The van der Waals surface area contributed by atoms with Gasteiger partial charge in [-0.15, -0.1) is 0 Å². The summed E-state index contributed by atoms with van der Waals surface area (Å²) in [6, 6.07) is 12.3. The van der Waals surface area contributed by atoms with Crippen molar-refractivity contribution in [3.05, 3.63) is 87.0 Å². The van der Waals surface area contributed by atoms with Crippen LogP contribution in [0, 0.1) is 17.0 Å². The van der Waals surface area contributed by atoms with Crippen LogP contribution in [0.15, 0.2) is 54.6 Å². The molecule has 2 fully saturated rings. The van der Waals surface area contributed by atoms with Gasteiger partial charge in [-0.05, 0) is 62.0 Å². The summed E-state index contributed by atoms with van der Waals surface area (Å²) in [5, 5.41) is 17.1. The number of ether oxygens (including phenoxy) is 1. The number of carbonyl (C=O) groups excluding carboxylic acids is 2. The number of morpholine rings is 1. The predicted molar refractivity (Wildman–Crippen MR) is 164 cm³/mol. The lowest BCUT2D eigenvalue weighted by Crippen LogP contribution is -2.44. The number of hydrogen-bond acceptors (Lipinski definition) is 8. The van der Waals surface area contributed by atoms with Crippen LogP contribution in [-0.2, 0) is 10.9 Å². The van der Waals surface area contributed by atoms with Crippen molar-refractivity contribution in [1.29, 1.82) is 0 Å². The Balaban J connectivity index is 1.38. The van der Waals surface area contributed by atoms with Crippen molar-refractivity contribution >= 4 is 40.3 Å². The minimum atomic E-state index is -4.66. The first-order chi connectivity index (χ1) is 21.4. The third-order valence-electron chi connectivity index (χ3n) is 7.92. The van der Waals surface area contributed by atoms with Gasteiger partial charge in [0.25, 0.3) is 17.5 Å². The van der Waals surface area contributed by atoms with Crippen molar-refractivity contribution in [2.45, 2.75) is 13.1 Å². The SMILES string of the molecule is Cc1ccc(NC(=O)c2cc(N3CCOCC3)cc(C(F)(F)F)c2)cc1NC(=O)c1cc(N2CCN(C)CC2)ccc1[N+](=O)[O-]. The van der Waals surface area contributed by atoms with Crippen molar-refractivity contribution in [3.8, 4) is 0 Å². The largest absolute Gasteiger partial charge is 0.416 e. The first-order valence-corrected chi connectivity index (χ1v) is 14.4. The standard InChI is InChI=1S/C31H33F3N6O5/c1-20-3-4-23(35-29(41)21-15-22(31(32,33)34)17-25(16-21)39-11-13-45-14-12-39)18-27(20)36-30(42)26-19-24(5-6-28(26)40(43)44)38-9-7-37(2)8-10-38/h3-6,15-19H,7-14H2,1-2H3,(H,35,41)(H,36,42). The van der Waals surface area contributed by atoms with Crippen molar-refractivity contribution in [1.82, 2.24) is 4.90 Å². The monoisotopic (exact) mass is 626 g/mol. The number of benzene rings is 3. The number of halogens is 3. The van der Waals surface area contributed by atoms with E-state index in [1.54, 1.807) is 30.0 Å². The van der Waals surface area contributed by atoms with Crippen LogP contribution < -0.4 is 20.4 Å². The molecule has 0 aliphatic carbocycles. The minimum Gasteiger partial charge on any atom is -0.378 e. The van der Waals surface area contributed by atoms with Crippen LogP contribution >= 0.6 is 0 Å². The van der Waals surface area contributed by atoms with Gasteiger partial charge in [-0.3, -0.25) is 19.7 Å². The molecular formula is C31H33F3N6O5. The van der Waals surface area contributed by atoms with Gasteiger partial charge < -0.3 is 30.1 Å². The van der Waals surface area contributed by atoms with E-state index in [0.29, 0.717) is 50.6 Å². The fraction of sp³-hybridized carbons (Fsp3) is 0.355. The second kappa shape index (κ2) is 13.1. The lowest BCUT2D eigenvalue weighted by molar-refractivity contribution is -0.385. The van der Waals surface area contributed by atoms with Gasteiger partial charge in [0.2, 0.25) is 0 Å². The van der Waals surface area contributed by atoms with Crippen LogP contribution in [0.5, 0.6) is 0 Å². The summed E-state index contributed by atoms with van der Waals surface area (Å²) < 4.78 is 46.5. The highest BCUT2D eigenvalue weighted by Crippen LogP contribution is 2.34. The van der Waals surface area contributed by atoms with Crippen molar-refractivity contribution in [3.63, 3.8) is 0 Å². The molecule has 2 N–H and O–H groups in total. The molecule has 2 amide bonds. The highest BCUT2D eigenvalue weighted by atomic mass is 19.4. The molecule has 0 saturated carbocycles. The molecule has 2 aliphatic heterocycles. The van der Waals surface area contributed by atoms with Gasteiger partial charge in [-0.1, -0.05) is 6.07 Å². The molecule has 2 heterocycles. The molecule has 0 aromatic heterocycles. The predicted octanol–water partition coefficient (Wildman–Crippen LogP) is 5.02. The lowest BCUT2D eigenvalue weighted by Gasteiger charge is -2.34. The second-order valence-corrected chi connectivity index (χ2v) is 11.1. The minimum absolute atomic E-state index is 0.120. The van der Waals surface area contributed by atoms with Crippen LogP contribution in [-0.4, -0.2) is 81.2 Å². The molecule has 0 radical (unpaired) electrons. The molecule has 11 nitrogen and oxygen atoms in total. The molecule has 14 heteroatoms. The molecule has 0 atom stereocenters. The molecule has 3 aromatic carbocycles. The number of amides is 2. The van der Waals surface area contributed by atoms with Crippen LogP contribution in [0.25, 0.3) is 0 Å². The van der Waals surface area contributed by atoms with Gasteiger partial charge >= 0.3 is 6.18 Å². The van der Waals surface area contributed by atoms with E-state index in [2.05, 4.69) is 20.4 Å². The van der Waals surface area contributed by atoms with E-state index >= 15 is 0 Å². The number of likely N-dealkylation sites (N-methyl/N-ethyl adjacent to an activating group) is 1. The Morgan fingerprint density at radius 3 is 2.20 bits per heavy atom. The Labute approximate surface area is 257 Å². The number of piperazine rings is 1. The first kappa shape index (κ1) is 31.7. The van der Waals surface area contributed by atoms with E-state index in [0.717, 1.165) is 25.2 Å². The molecule has 0 bridgehead atoms. The highest BCUT2D eigenvalue weighted by molar-refractivity contribution is 6.09. The van der Waals surface area contributed by atoms with Crippen molar-refractivity contribution in [2.24, 2.45) is 0 Å². The summed E-state index contributed by atoms with van der Waals surface area (Å²) >= 11 is 0. The highest BCUT2D eigenvalue weighted by Gasteiger charge is 2.33. The van der Waals surface area contributed by atoms with Crippen LogP contribution in [0.2, 0.25) is 0 Å². The number of nitrogens with zero attached hydrogens (tertiary/aromatic N) is 4. The smallest absolute Gasteiger partial charge is 0.378 e. The molecule has 2 saturated heterocycles. The van der Waals surface area contributed by atoms with Gasteiger partial charge in [-0.2, -0.15) is 13.2 Å². The third-order valence-corrected chi connectivity index (χ3v) is 7.92. The topological polar surface area (TPSA) is 120 Å². The number of anilines is 4. The van der Waals surface area contributed by atoms with E-state index in [1.165, 1.54) is 24.3 Å². The maximum absolute atomic E-state index is 13.7. The molecule has 5 rings (SSSR count).